The van der Waals surface area contributed by atoms with Crippen LogP contribution < -0.4 is 26.0 Å². The van der Waals surface area contributed by atoms with Gasteiger partial charge in [-0.25, -0.2) is 19.7 Å². The van der Waals surface area contributed by atoms with Crippen LogP contribution in [0.3, 0.4) is 0 Å². The number of nitrogen functional groups attached to an aromatic ring is 1. The Morgan fingerprint density at radius 2 is 2.07 bits per heavy atom. The largest absolute Gasteiger partial charge is 0.474 e. The highest BCUT2D eigenvalue weighted by molar-refractivity contribution is 5.73. The van der Waals surface area contributed by atoms with Crippen LogP contribution >= 0.6 is 0 Å². The lowest BCUT2D eigenvalue weighted by Crippen LogP contribution is -2.51. The highest BCUT2D eigenvalue weighted by Crippen LogP contribution is 2.29. The van der Waals surface area contributed by atoms with E-state index in [2.05, 4.69) is 37.4 Å². The molecule has 11 heteroatoms. The van der Waals surface area contributed by atoms with Crippen LogP contribution in [0, 0.1) is 0 Å². The number of anilines is 2. The predicted octanol–water partition coefficient (Wildman–Crippen LogP) is 0.580. The highest BCUT2D eigenvalue weighted by Gasteiger charge is 2.33. The van der Waals surface area contributed by atoms with E-state index < -0.39 is 0 Å². The molecule has 1 aliphatic heterocycles. The number of nitrogens with one attached hydrogen (secondary N) is 2. The van der Waals surface area contributed by atoms with Gasteiger partial charge >= 0.3 is 6.03 Å². The molecule has 0 aromatic carbocycles. The van der Waals surface area contributed by atoms with Gasteiger partial charge in [0.25, 0.3) is 0 Å². The van der Waals surface area contributed by atoms with Gasteiger partial charge in [-0.2, -0.15) is 4.98 Å². The molecule has 2 fully saturated rings. The van der Waals surface area contributed by atoms with Gasteiger partial charge in [0, 0.05) is 56.5 Å². The minimum atomic E-state index is -0.185. The summed E-state index contributed by atoms with van der Waals surface area (Å²) in [5.74, 6) is 1.26. The van der Waals surface area contributed by atoms with E-state index in [9.17, 15) is 4.79 Å². The molecule has 1 saturated heterocycles. The molecule has 1 atom stereocenters. The maximum atomic E-state index is 11.4. The molecule has 1 saturated carbocycles. The van der Waals surface area contributed by atoms with E-state index in [1.807, 2.05) is 0 Å². The standard InChI is InChI=1S/C19H26N8O3/c1-11-10-29-4-3-27(11)18-25-15(12-8-22-17(20)23-9-12)7-16(26-18)30-14-5-13(6-14)24-19(28)21-2/h7-9,11,13-14H,3-6,10H2,1-2H3,(H2,20,22,23)(H2,21,24,28)/t11-,13?,14?/m0/s1. The Balaban J connectivity index is 1.55. The number of morpholine rings is 1. The number of ether oxygens (including phenoxy) is 2. The smallest absolute Gasteiger partial charge is 0.314 e. The van der Waals surface area contributed by atoms with Crippen molar-refractivity contribution in [3.8, 4) is 17.1 Å². The summed E-state index contributed by atoms with van der Waals surface area (Å²) >= 11 is 0. The summed E-state index contributed by atoms with van der Waals surface area (Å²) in [6.07, 6.45) is 4.69. The highest BCUT2D eigenvalue weighted by atomic mass is 16.5. The summed E-state index contributed by atoms with van der Waals surface area (Å²) in [6, 6.07) is 1.84. The third-order valence-electron chi connectivity index (χ3n) is 5.23. The zero-order chi connectivity index (χ0) is 21.1. The van der Waals surface area contributed by atoms with Gasteiger partial charge in [-0.05, 0) is 6.92 Å². The van der Waals surface area contributed by atoms with Crippen molar-refractivity contribution in [1.29, 1.82) is 0 Å². The Hall–Kier alpha value is -3.21. The van der Waals surface area contributed by atoms with Crippen molar-refractivity contribution in [2.75, 3.05) is 37.4 Å². The van der Waals surface area contributed by atoms with E-state index in [0.29, 0.717) is 37.3 Å². The van der Waals surface area contributed by atoms with Gasteiger partial charge in [-0.1, -0.05) is 0 Å². The van der Waals surface area contributed by atoms with Crippen LogP contribution in [0.2, 0.25) is 0 Å². The minimum absolute atomic E-state index is 0.0208. The molecule has 11 nitrogen and oxygen atoms in total. The monoisotopic (exact) mass is 414 g/mol. The van der Waals surface area contributed by atoms with Crippen molar-refractivity contribution in [2.45, 2.75) is 38.0 Å². The lowest BCUT2D eigenvalue weighted by atomic mass is 9.89. The second-order valence-electron chi connectivity index (χ2n) is 7.47. The van der Waals surface area contributed by atoms with Crippen molar-refractivity contribution < 1.29 is 14.3 Å². The molecule has 2 aromatic rings. The van der Waals surface area contributed by atoms with E-state index in [1.165, 1.54) is 0 Å². The first kappa shape index (κ1) is 20.1. The van der Waals surface area contributed by atoms with Crippen LogP contribution in [0.4, 0.5) is 16.7 Å². The summed E-state index contributed by atoms with van der Waals surface area (Å²) in [7, 11) is 1.60. The maximum Gasteiger partial charge on any atom is 0.314 e. The summed E-state index contributed by atoms with van der Waals surface area (Å²) < 4.78 is 11.6. The topological polar surface area (TPSA) is 140 Å². The molecule has 4 rings (SSSR count). The number of amides is 2. The van der Waals surface area contributed by atoms with Crippen molar-refractivity contribution in [3.05, 3.63) is 18.5 Å². The van der Waals surface area contributed by atoms with Gasteiger partial charge in [0.15, 0.2) is 0 Å². The molecule has 0 radical (unpaired) electrons. The molecule has 3 heterocycles. The molecule has 160 valence electrons. The van der Waals surface area contributed by atoms with Gasteiger partial charge in [-0.15, -0.1) is 0 Å². The third kappa shape index (κ3) is 4.51. The average Bonchev–Trinajstić information content (AvgIpc) is 2.72. The lowest BCUT2D eigenvalue weighted by Gasteiger charge is -2.36. The van der Waals surface area contributed by atoms with Crippen LogP contribution in [0.5, 0.6) is 5.88 Å². The number of hydrogen-bond acceptors (Lipinski definition) is 9. The zero-order valence-electron chi connectivity index (χ0n) is 17.0. The third-order valence-corrected chi connectivity index (χ3v) is 5.23. The van der Waals surface area contributed by atoms with Gasteiger partial charge in [0.1, 0.15) is 6.10 Å². The fourth-order valence-electron chi connectivity index (χ4n) is 3.45. The number of carbonyl (C=O) groups excluding carboxylic acids is 1. The van der Waals surface area contributed by atoms with Crippen molar-refractivity contribution in [3.63, 3.8) is 0 Å². The van der Waals surface area contributed by atoms with E-state index >= 15 is 0 Å². The van der Waals surface area contributed by atoms with E-state index in [4.69, 9.17) is 20.2 Å². The summed E-state index contributed by atoms with van der Waals surface area (Å²) in [5, 5.41) is 5.44. The van der Waals surface area contributed by atoms with Gasteiger partial charge in [0.2, 0.25) is 17.8 Å². The SMILES string of the molecule is CNC(=O)NC1CC(Oc2cc(-c3cnc(N)nc3)nc(N3CCOC[C@@H]3C)n2)C1. The molecular weight excluding hydrogens is 388 g/mol. The number of hydrogen-bond donors (Lipinski definition) is 3. The zero-order valence-corrected chi connectivity index (χ0v) is 17.0. The van der Waals surface area contributed by atoms with Crippen molar-refractivity contribution >= 4 is 17.9 Å². The Kier molecular flexibility index (Phi) is 5.79. The number of carbonyl (C=O) groups is 1. The van der Waals surface area contributed by atoms with Gasteiger partial charge in [0.05, 0.1) is 24.9 Å². The Bertz CT molecular complexity index is 888. The van der Waals surface area contributed by atoms with Crippen molar-refractivity contribution in [2.24, 2.45) is 0 Å². The van der Waals surface area contributed by atoms with Crippen LogP contribution in [0.25, 0.3) is 11.3 Å². The van der Waals surface area contributed by atoms with Crippen LogP contribution in [0.1, 0.15) is 19.8 Å². The Morgan fingerprint density at radius 1 is 1.30 bits per heavy atom. The van der Waals surface area contributed by atoms with E-state index in [1.54, 1.807) is 25.5 Å². The number of aromatic nitrogens is 4. The quantitative estimate of drug-likeness (QED) is 0.640. The van der Waals surface area contributed by atoms with E-state index in [-0.39, 0.29) is 30.2 Å². The first-order valence-corrected chi connectivity index (χ1v) is 9.98. The second kappa shape index (κ2) is 8.66. The second-order valence-corrected chi connectivity index (χ2v) is 7.47. The summed E-state index contributed by atoms with van der Waals surface area (Å²) in [6.45, 7) is 4.01. The Morgan fingerprint density at radius 3 is 2.77 bits per heavy atom. The first-order valence-electron chi connectivity index (χ1n) is 9.98. The lowest BCUT2D eigenvalue weighted by molar-refractivity contribution is 0.0833. The number of nitrogens with zero attached hydrogens (tertiary/aromatic N) is 5. The summed E-state index contributed by atoms with van der Waals surface area (Å²) in [5.41, 5.74) is 7.00. The van der Waals surface area contributed by atoms with Crippen LogP contribution in [-0.2, 0) is 4.74 Å². The van der Waals surface area contributed by atoms with Crippen LogP contribution in [-0.4, -0.2) is 71.0 Å². The number of nitrogens with two attached hydrogens (primary N) is 1. The minimum Gasteiger partial charge on any atom is -0.474 e. The average molecular weight is 414 g/mol. The van der Waals surface area contributed by atoms with Gasteiger partial charge < -0.3 is 30.7 Å². The normalized spacial score (nSPS) is 23.4. The van der Waals surface area contributed by atoms with Crippen molar-refractivity contribution in [1.82, 2.24) is 30.6 Å². The molecule has 30 heavy (non-hydrogen) atoms. The molecule has 0 spiro atoms. The Labute approximate surface area is 174 Å². The summed E-state index contributed by atoms with van der Waals surface area (Å²) in [4.78, 5) is 31.0. The fourth-order valence-corrected chi connectivity index (χ4v) is 3.45. The predicted molar refractivity (Wildman–Crippen MR) is 110 cm³/mol. The molecule has 2 amide bonds. The van der Waals surface area contributed by atoms with E-state index in [0.717, 1.165) is 18.4 Å². The number of rotatable bonds is 5. The fraction of sp³-hybridized carbons (Fsp3) is 0.526. The molecule has 0 bridgehead atoms. The molecule has 2 aromatic heterocycles. The molecule has 0 unspecified atom stereocenters. The molecule has 4 N–H and O–H groups in total. The molecular formula is C19H26N8O3. The molecule has 1 aliphatic carbocycles. The van der Waals surface area contributed by atoms with Crippen LogP contribution in [0.15, 0.2) is 18.5 Å². The number of urea groups is 1. The first-order chi connectivity index (χ1) is 14.5. The molecule has 2 aliphatic rings. The van der Waals surface area contributed by atoms with Gasteiger partial charge in [-0.3, -0.25) is 0 Å². The maximum absolute atomic E-state index is 11.4.